The fourth-order valence-electron chi connectivity index (χ4n) is 4.85. The highest BCUT2D eigenvalue weighted by Crippen LogP contribution is 2.46. The van der Waals surface area contributed by atoms with E-state index in [2.05, 4.69) is 10.2 Å². The second-order valence-corrected chi connectivity index (χ2v) is 12.0. The number of carbonyl (C=O) groups excluding carboxylic acids is 1. The Morgan fingerprint density at radius 3 is 2.51 bits per heavy atom. The fraction of sp³-hybridized carbons (Fsp3) is 0.536. The summed E-state index contributed by atoms with van der Waals surface area (Å²) in [6.07, 6.45) is -1.04. The van der Waals surface area contributed by atoms with Crippen LogP contribution in [0.25, 0.3) is 0 Å². The van der Waals surface area contributed by atoms with Crippen LogP contribution < -0.4 is 11.1 Å². The van der Waals surface area contributed by atoms with Crippen LogP contribution >= 0.6 is 11.8 Å². The molecule has 5 nitrogen and oxygen atoms in total. The quantitative estimate of drug-likeness (QED) is 0.350. The summed E-state index contributed by atoms with van der Waals surface area (Å²) in [5, 5.41) is 3.46. The van der Waals surface area contributed by atoms with Crippen LogP contribution in [0, 0.1) is 0 Å². The molecule has 0 atom stereocenters. The maximum atomic E-state index is 13.8. The van der Waals surface area contributed by atoms with Gasteiger partial charge in [0.1, 0.15) is 5.60 Å². The van der Waals surface area contributed by atoms with E-state index in [4.69, 9.17) is 10.5 Å². The summed E-state index contributed by atoms with van der Waals surface area (Å²) >= 11 is 1.39. The minimum atomic E-state index is -4.41. The van der Waals surface area contributed by atoms with Gasteiger partial charge in [0.25, 0.3) is 0 Å². The number of hydrogen-bond acceptors (Lipinski definition) is 6. The average Bonchev–Trinajstić information content (AvgIpc) is 2.81. The van der Waals surface area contributed by atoms with E-state index in [-0.39, 0.29) is 12.0 Å². The lowest BCUT2D eigenvalue weighted by atomic mass is 9.97. The van der Waals surface area contributed by atoms with Crippen molar-refractivity contribution in [1.29, 1.82) is 0 Å². The third kappa shape index (κ3) is 7.42. The first-order valence-electron chi connectivity index (χ1n) is 12.9. The van der Waals surface area contributed by atoms with Gasteiger partial charge in [0.15, 0.2) is 0 Å². The minimum absolute atomic E-state index is 0.0979. The number of anilines is 1. The standard InChI is InChI=1S/C28H36F3N3O2S/c1-27(2,3)36-26(35)5-4-10-34-11-8-21(9-12-34)33-23-15-20(28(29,30)31)16-25-22(23)14-19-7-6-18(17-32)13-24(19)37-25/h6-7,13,15-16,21,33H,4-5,8-12,14,17,32H2,1-3H3. The van der Waals surface area contributed by atoms with E-state index in [1.54, 1.807) is 0 Å². The van der Waals surface area contributed by atoms with Crippen LogP contribution in [0.15, 0.2) is 40.1 Å². The highest BCUT2D eigenvalue weighted by Gasteiger charge is 2.34. The average molecular weight is 536 g/mol. The third-order valence-corrected chi connectivity index (χ3v) is 7.90. The highest BCUT2D eigenvalue weighted by atomic mass is 32.2. The van der Waals surface area contributed by atoms with Gasteiger partial charge in [-0.3, -0.25) is 4.79 Å². The van der Waals surface area contributed by atoms with Crippen molar-refractivity contribution < 1.29 is 22.7 Å². The van der Waals surface area contributed by atoms with Crippen molar-refractivity contribution >= 4 is 23.4 Å². The molecule has 2 aromatic rings. The molecule has 2 aliphatic rings. The molecule has 4 rings (SSSR count). The second kappa shape index (κ2) is 11.3. The Morgan fingerprint density at radius 2 is 1.86 bits per heavy atom. The Balaban J connectivity index is 1.40. The van der Waals surface area contributed by atoms with Crippen LogP contribution in [0.2, 0.25) is 0 Å². The number of nitrogens with two attached hydrogens (primary N) is 1. The number of alkyl halides is 3. The van der Waals surface area contributed by atoms with Gasteiger partial charge in [-0.25, -0.2) is 0 Å². The van der Waals surface area contributed by atoms with E-state index >= 15 is 0 Å². The zero-order chi connectivity index (χ0) is 26.8. The number of likely N-dealkylation sites (tertiary alicyclic amines) is 1. The number of esters is 1. The number of piperidine rings is 1. The summed E-state index contributed by atoms with van der Waals surface area (Å²) in [6.45, 7) is 8.47. The summed E-state index contributed by atoms with van der Waals surface area (Å²) in [5.74, 6) is -0.183. The summed E-state index contributed by atoms with van der Waals surface area (Å²) in [7, 11) is 0. The van der Waals surface area contributed by atoms with Crippen LogP contribution in [0.4, 0.5) is 18.9 Å². The van der Waals surface area contributed by atoms with E-state index in [1.807, 2.05) is 39.0 Å². The van der Waals surface area contributed by atoms with Crippen LogP contribution in [-0.4, -0.2) is 42.1 Å². The number of benzene rings is 2. The Hall–Kier alpha value is -2.23. The molecule has 37 heavy (non-hydrogen) atoms. The van der Waals surface area contributed by atoms with E-state index in [9.17, 15) is 18.0 Å². The summed E-state index contributed by atoms with van der Waals surface area (Å²) in [6, 6.07) is 8.64. The number of ether oxygens (including phenoxy) is 1. The SMILES string of the molecule is CC(C)(C)OC(=O)CCCN1CCC(Nc2cc(C(F)(F)F)cc3c2Cc2ccc(CN)cc2S3)CC1. The van der Waals surface area contributed by atoms with Gasteiger partial charge in [-0.2, -0.15) is 13.2 Å². The molecule has 3 N–H and O–H groups in total. The Kier molecular flexibility index (Phi) is 8.45. The monoisotopic (exact) mass is 535 g/mol. The van der Waals surface area contributed by atoms with E-state index in [0.29, 0.717) is 30.0 Å². The minimum Gasteiger partial charge on any atom is -0.460 e. The van der Waals surface area contributed by atoms with Gasteiger partial charge in [-0.15, -0.1) is 0 Å². The number of fused-ring (bicyclic) bond motifs is 2. The molecule has 0 unspecified atom stereocenters. The van der Waals surface area contributed by atoms with Gasteiger partial charge < -0.3 is 20.7 Å². The summed E-state index contributed by atoms with van der Waals surface area (Å²) in [5.41, 5.74) is 8.25. The van der Waals surface area contributed by atoms with E-state index < -0.39 is 17.3 Å². The van der Waals surface area contributed by atoms with Gasteiger partial charge in [-0.1, -0.05) is 23.9 Å². The third-order valence-electron chi connectivity index (χ3n) is 6.71. The fourth-order valence-corrected chi connectivity index (χ4v) is 6.06. The van der Waals surface area contributed by atoms with Crippen molar-refractivity contribution in [3.63, 3.8) is 0 Å². The molecule has 0 radical (unpaired) electrons. The normalized spacial score (nSPS) is 16.7. The first-order valence-corrected chi connectivity index (χ1v) is 13.7. The van der Waals surface area contributed by atoms with Gasteiger partial charge in [0, 0.05) is 54.0 Å². The summed E-state index contributed by atoms with van der Waals surface area (Å²) < 4.78 is 46.6. The van der Waals surface area contributed by atoms with E-state index in [1.165, 1.54) is 23.9 Å². The molecule has 0 aliphatic carbocycles. The molecule has 1 fully saturated rings. The zero-order valence-corrected chi connectivity index (χ0v) is 22.5. The molecule has 2 aromatic carbocycles. The molecule has 0 saturated carbocycles. The van der Waals surface area contributed by atoms with Crippen molar-refractivity contribution in [2.24, 2.45) is 5.73 Å². The van der Waals surface area contributed by atoms with Crippen molar-refractivity contribution in [2.75, 3.05) is 25.0 Å². The van der Waals surface area contributed by atoms with Crippen molar-refractivity contribution in [2.45, 2.75) is 87.0 Å². The van der Waals surface area contributed by atoms with Gasteiger partial charge >= 0.3 is 12.1 Å². The van der Waals surface area contributed by atoms with Crippen molar-refractivity contribution in [3.05, 3.63) is 52.6 Å². The molecule has 0 aromatic heterocycles. The first-order chi connectivity index (χ1) is 17.4. The van der Waals surface area contributed by atoms with Crippen LogP contribution in [0.3, 0.4) is 0 Å². The number of rotatable bonds is 7. The van der Waals surface area contributed by atoms with Gasteiger partial charge in [0.05, 0.1) is 5.56 Å². The van der Waals surface area contributed by atoms with Crippen LogP contribution in [-0.2, 0) is 28.7 Å². The lowest BCUT2D eigenvalue weighted by molar-refractivity contribution is -0.155. The van der Waals surface area contributed by atoms with Gasteiger partial charge in [-0.05, 0) is 81.5 Å². The molecule has 2 heterocycles. The molecule has 2 aliphatic heterocycles. The Labute approximate surface area is 221 Å². The zero-order valence-electron chi connectivity index (χ0n) is 21.7. The molecule has 0 bridgehead atoms. The van der Waals surface area contributed by atoms with Crippen LogP contribution in [0.5, 0.6) is 0 Å². The lowest BCUT2D eigenvalue weighted by Crippen LogP contribution is -2.40. The number of nitrogens with zero attached hydrogens (tertiary/aromatic N) is 1. The molecular weight excluding hydrogens is 499 g/mol. The molecule has 0 amide bonds. The maximum Gasteiger partial charge on any atom is 0.416 e. The predicted molar refractivity (Wildman–Crippen MR) is 141 cm³/mol. The first kappa shape index (κ1) is 27.8. The molecule has 1 saturated heterocycles. The molecular formula is C28H36F3N3O2S. The molecule has 202 valence electrons. The smallest absolute Gasteiger partial charge is 0.416 e. The Morgan fingerprint density at radius 1 is 1.14 bits per heavy atom. The molecule has 0 spiro atoms. The number of nitrogens with one attached hydrogen (secondary N) is 1. The topological polar surface area (TPSA) is 67.6 Å². The van der Waals surface area contributed by atoms with E-state index in [0.717, 1.165) is 60.5 Å². The predicted octanol–water partition coefficient (Wildman–Crippen LogP) is 6.22. The molecule has 9 heteroatoms. The lowest BCUT2D eigenvalue weighted by Gasteiger charge is -2.34. The number of carbonyl (C=O) groups is 1. The van der Waals surface area contributed by atoms with Gasteiger partial charge in [0.2, 0.25) is 0 Å². The van der Waals surface area contributed by atoms with Crippen molar-refractivity contribution in [3.8, 4) is 0 Å². The number of hydrogen-bond donors (Lipinski definition) is 2. The highest BCUT2D eigenvalue weighted by molar-refractivity contribution is 7.99. The maximum absolute atomic E-state index is 13.8. The largest absolute Gasteiger partial charge is 0.460 e. The Bertz CT molecular complexity index is 1120. The second-order valence-electron chi connectivity index (χ2n) is 10.9. The van der Waals surface area contributed by atoms with Crippen molar-refractivity contribution in [1.82, 2.24) is 4.90 Å². The van der Waals surface area contributed by atoms with Crippen LogP contribution in [0.1, 0.15) is 68.7 Å². The summed E-state index contributed by atoms with van der Waals surface area (Å²) in [4.78, 5) is 15.9. The number of halogens is 3.